The topological polar surface area (TPSA) is 107 Å². The van der Waals surface area contributed by atoms with Gasteiger partial charge in [-0.1, -0.05) is 17.7 Å². The number of carbonyl (C=O) groups excluding carboxylic acids is 2. The Kier molecular flexibility index (Phi) is 5.03. The molecular formula is C20H19ClN4O4S. The van der Waals surface area contributed by atoms with Crippen LogP contribution in [-0.2, 0) is 29.1 Å². The Balaban J connectivity index is 2.09. The van der Waals surface area contributed by atoms with Gasteiger partial charge in [-0.05, 0) is 36.6 Å². The van der Waals surface area contributed by atoms with Crippen LogP contribution in [0.25, 0.3) is 15.9 Å². The summed E-state index contributed by atoms with van der Waals surface area (Å²) in [6.07, 6.45) is 0.494. The van der Waals surface area contributed by atoms with Crippen LogP contribution in [0.1, 0.15) is 22.9 Å². The van der Waals surface area contributed by atoms with Crippen molar-refractivity contribution in [2.45, 2.75) is 33.4 Å². The van der Waals surface area contributed by atoms with Crippen molar-refractivity contribution in [3.8, 4) is 5.69 Å². The first-order valence-electron chi connectivity index (χ1n) is 9.30. The number of hydrogen-bond donors (Lipinski definition) is 1. The fourth-order valence-corrected chi connectivity index (χ4v) is 5.34. The third-order valence-electron chi connectivity index (χ3n) is 5.36. The molecule has 0 saturated heterocycles. The third kappa shape index (κ3) is 3.14. The number of nitrogens with zero attached hydrogens (tertiary/aromatic N) is 3. The fraction of sp³-hybridized carbons (Fsp3) is 0.300. The van der Waals surface area contributed by atoms with Crippen molar-refractivity contribution in [2.75, 3.05) is 6.54 Å². The van der Waals surface area contributed by atoms with Gasteiger partial charge in [0.2, 0.25) is 11.8 Å². The molecule has 0 unspecified atom stereocenters. The highest BCUT2D eigenvalue weighted by molar-refractivity contribution is 7.18. The predicted octanol–water partition coefficient (Wildman–Crippen LogP) is 1.57. The summed E-state index contributed by atoms with van der Waals surface area (Å²) in [5.74, 6) is -0.747. The van der Waals surface area contributed by atoms with Gasteiger partial charge in [-0.2, -0.15) is 0 Å². The maximum atomic E-state index is 13.5. The number of amides is 2. The van der Waals surface area contributed by atoms with E-state index in [4.69, 9.17) is 17.3 Å². The van der Waals surface area contributed by atoms with Crippen LogP contribution < -0.4 is 17.0 Å². The molecule has 1 aliphatic heterocycles. The molecule has 0 bridgehead atoms. The van der Waals surface area contributed by atoms with Crippen LogP contribution in [0.4, 0.5) is 0 Å². The molecule has 3 aromatic rings. The standard InChI is InChI=1S/C20H19ClN4O4S/c1-10-13(21)4-3-5-14(10)25-18(28)17-12-6-7-23(11(2)26)8-15(12)30-19(17)24(20(25)29)9-16(22)27/h3-5H,6-9H2,1-2H3,(H2,22,27). The molecule has 30 heavy (non-hydrogen) atoms. The lowest BCUT2D eigenvalue weighted by atomic mass is 10.1. The zero-order valence-electron chi connectivity index (χ0n) is 16.4. The van der Waals surface area contributed by atoms with E-state index in [-0.39, 0.29) is 12.5 Å². The van der Waals surface area contributed by atoms with Crippen molar-refractivity contribution in [3.05, 3.63) is 60.1 Å². The minimum atomic E-state index is -0.692. The number of aromatic nitrogens is 2. The highest BCUT2D eigenvalue weighted by Crippen LogP contribution is 2.33. The first kappa shape index (κ1) is 20.4. The molecular weight excluding hydrogens is 428 g/mol. The molecule has 0 spiro atoms. The summed E-state index contributed by atoms with van der Waals surface area (Å²) < 4.78 is 2.29. The lowest BCUT2D eigenvalue weighted by molar-refractivity contribution is -0.129. The summed E-state index contributed by atoms with van der Waals surface area (Å²) in [4.78, 5) is 53.3. The molecule has 10 heteroatoms. The smallest absolute Gasteiger partial charge is 0.337 e. The summed E-state index contributed by atoms with van der Waals surface area (Å²) in [6, 6.07) is 4.97. The minimum Gasteiger partial charge on any atom is -0.368 e. The molecule has 0 saturated carbocycles. The molecule has 156 valence electrons. The van der Waals surface area contributed by atoms with E-state index in [0.717, 1.165) is 15.0 Å². The van der Waals surface area contributed by atoms with Crippen LogP contribution in [-0.4, -0.2) is 32.4 Å². The van der Waals surface area contributed by atoms with Crippen molar-refractivity contribution in [3.63, 3.8) is 0 Å². The van der Waals surface area contributed by atoms with E-state index in [0.29, 0.717) is 46.0 Å². The van der Waals surface area contributed by atoms with E-state index in [1.165, 1.54) is 22.8 Å². The molecule has 1 aliphatic rings. The second-order valence-electron chi connectivity index (χ2n) is 7.23. The quantitative estimate of drug-likeness (QED) is 0.658. The molecule has 3 heterocycles. The van der Waals surface area contributed by atoms with Crippen LogP contribution in [0, 0.1) is 6.92 Å². The first-order valence-corrected chi connectivity index (χ1v) is 10.5. The number of primary amides is 1. The number of fused-ring (bicyclic) bond motifs is 3. The van der Waals surface area contributed by atoms with E-state index in [2.05, 4.69) is 0 Å². The number of rotatable bonds is 3. The van der Waals surface area contributed by atoms with Crippen LogP contribution >= 0.6 is 22.9 Å². The van der Waals surface area contributed by atoms with Gasteiger partial charge >= 0.3 is 5.69 Å². The molecule has 0 radical (unpaired) electrons. The SMILES string of the molecule is CC(=O)N1CCc2c(sc3c2c(=O)n(-c2cccc(Cl)c2C)c(=O)n3CC(N)=O)C1. The maximum Gasteiger partial charge on any atom is 0.337 e. The third-order valence-corrected chi connectivity index (χ3v) is 7.01. The lowest BCUT2D eigenvalue weighted by Crippen LogP contribution is -2.41. The van der Waals surface area contributed by atoms with Crippen molar-refractivity contribution < 1.29 is 9.59 Å². The number of thiophene rings is 1. The first-order chi connectivity index (χ1) is 14.2. The number of benzene rings is 1. The van der Waals surface area contributed by atoms with Gasteiger partial charge < -0.3 is 10.6 Å². The summed E-state index contributed by atoms with van der Waals surface area (Å²) in [5, 5.41) is 0.809. The monoisotopic (exact) mass is 446 g/mol. The van der Waals surface area contributed by atoms with Gasteiger partial charge in [-0.25, -0.2) is 9.36 Å². The molecule has 8 nitrogen and oxygen atoms in total. The van der Waals surface area contributed by atoms with E-state index in [1.54, 1.807) is 30.0 Å². The molecule has 2 aromatic heterocycles. The number of halogens is 1. The van der Waals surface area contributed by atoms with Crippen molar-refractivity contribution in [1.82, 2.24) is 14.0 Å². The Morgan fingerprint density at radius 1 is 1.27 bits per heavy atom. The maximum absolute atomic E-state index is 13.5. The zero-order valence-corrected chi connectivity index (χ0v) is 18.0. The highest BCUT2D eigenvalue weighted by Gasteiger charge is 2.28. The number of hydrogen-bond acceptors (Lipinski definition) is 5. The summed E-state index contributed by atoms with van der Waals surface area (Å²) in [6.45, 7) is 3.71. The highest BCUT2D eigenvalue weighted by atomic mass is 35.5. The average molecular weight is 447 g/mol. The van der Waals surface area contributed by atoms with Gasteiger partial charge in [-0.15, -0.1) is 11.3 Å². The largest absolute Gasteiger partial charge is 0.368 e. The number of carbonyl (C=O) groups is 2. The van der Waals surface area contributed by atoms with Crippen molar-refractivity contribution in [1.29, 1.82) is 0 Å². The summed E-state index contributed by atoms with van der Waals surface area (Å²) in [7, 11) is 0. The molecule has 2 N–H and O–H groups in total. The van der Waals surface area contributed by atoms with Gasteiger partial charge in [0.1, 0.15) is 11.4 Å². The predicted molar refractivity (Wildman–Crippen MR) is 115 cm³/mol. The van der Waals surface area contributed by atoms with E-state index in [1.807, 2.05) is 0 Å². The summed E-state index contributed by atoms with van der Waals surface area (Å²) >= 11 is 7.47. The van der Waals surface area contributed by atoms with Crippen LogP contribution in [0.2, 0.25) is 5.02 Å². The molecule has 2 amide bonds. The Hall–Kier alpha value is -2.91. The fourth-order valence-electron chi connectivity index (χ4n) is 3.82. The molecule has 0 fully saturated rings. The van der Waals surface area contributed by atoms with Gasteiger partial charge in [0.05, 0.1) is 17.6 Å². The van der Waals surface area contributed by atoms with E-state index in [9.17, 15) is 19.2 Å². The normalized spacial score (nSPS) is 13.5. The van der Waals surface area contributed by atoms with Gasteiger partial charge in [0.15, 0.2) is 0 Å². The molecule has 4 rings (SSSR count). The second kappa shape index (κ2) is 7.41. The Bertz CT molecular complexity index is 1340. The summed E-state index contributed by atoms with van der Waals surface area (Å²) in [5.41, 5.74) is 6.02. The van der Waals surface area contributed by atoms with Crippen LogP contribution in [0.15, 0.2) is 27.8 Å². The zero-order chi connectivity index (χ0) is 21.7. The average Bonchev–Trinajstić information content (AvgIpc) is 3.07. The molecule has 0 aliphatic carbocycles. The van der Waals surface area contributed by atoms with Crippen molar-refractivity contribution >= 4 is 45.0 Å². The van der Waals surface area contributed by atoms with E-state index < -0.39 is 17.2 Å². The second-order valence-corrected chi connectivity index (χ2v) is 8.72. The Labute approximate surface area is 180 Å². The molecule has 1 aromatic carbocycles. The van der Waals surface area contributed by atoms with Crippen LogP contribution in [0.5, 0.6) is 0 Å². The van der Waals surface area contributed by atoms with Gasteiger partial charge in [0, 0.05) is 23.4 Å². The number of nitrogens with two attached hydrogens (primary N) is 1. The lowest BCUT2D eigenvalue weighted by Gasteiger charge is -2.25. The molecule has 0 atom stereocenters. The van der Waals surface area contributed by atoms with Gasteiger partial charge in [-0.3, -0.25) is 19.0 Å². The van der Waals surface area contributed by atoms with Crippen LogP contribution in [0.3, 0.4) is 0 Å². The van der Waals surface area contributed by atoms with E-state index >= 15 is 0 Å². The Morgan fingerprint density at radius 2 is 2.00 bits per heavy atom. The minimum absolute atomic E-state index is 0.0559. The van der Waals surface area contributed by atoms with Crippen molar-refractivity contribution in [2.24, 2.45) is 5.73 Å². The van der Waals surface area contributed by atoms with Gasteiger partial charge in [0.25, 0.3) is 5.56 Å². The Morgan fingerprint density at radius 3 is 2.67 bits per heavy atom.